The van der Waals surface area contributed by atoms with E-state index in [2.05, 4.69) is 5.10 Å². The topological polar surface area (TPSA) is 65.5 Å². The number of hydrogen-bond donors (Lipinski definition) is 2. The number of guanidine groups is 1. The zero-order valence-corrected chi connectivity index (χ0v) is 11.0. The van der Waals surface area contributed by atoms with E-state index in [-0.39, 0.29) is 11.8 Å². The highest BCUT2D eigenvalue weighted by atomic mass is 19.1. The summed E-state index contributed by atoms with van der Waals surface area (Å²) in [4.78, 5) is 0. The minimum Gasteiger partial charge on any atom is -0.369 e. The van der Waals surface area contributed by atoms with Crippen molar-refractivity contribution in [2.75, 3.05) is 7.05 Å². The fourth-order valence-corrected chi connectivity index (χ4v) is 1.69. The lowest BCUT2D eigenvalue weighted by atomic mass is 10.0. The number of rotatable bonds is 3. The van der Waals surface area contributed by atoms with Crippen LogP contribution in [0.4, 0.5) is 4.39 Å². The fraction of sp³-hybridized carbons (Fsp3) is 0.0667. The second-order valence-electron chi connectivity index (χ2n) is 4.23. The number of hydrazone groups is 1. The van der Waals surface area contributed by atoms with Crippen molar-refractivity contribution in [3.8, 4) is 0 Å². The van der Waals surface area contributed by atoms with Gasteiger partial charge in [-0.05, 0) is 24.3 Å². The van der Waals surface area contributed by atoms with Crippen molar-refractivity contribution >= 4 is 11.7 Å². The highest BCUT2D eigenvalue weighted by molar-refractivity contribution is 6.13. The Morgan fingerprint density at radius 2 is 1.60 bits per heavy atom. The lowest BCUT2D eigenvalue weighted by molar-refractivity contribution is 0.534. The van der Waals surface area contributed by atoms with E-state index in [1.807, 2.05) is 30.3 Å². The Kier molecular flexibility index (Phi) is 4.10. The maximum absolute atomic E-state index is 13.0. The molecule has 0 spiro atoms. The molecule has 0 aliphatic rings. The summed E-state index contributed by atoms with van der Waals surface area (Å²) in [6.45, 7) is 0. The molecular weight excluding hydrogens is 255 g/mol. The van der Waals surface area contributed by atoms with E-state index in [4.69, 9.17) is 11.1 Å². The van der Waals surface area contributed by atoms with Crippen LogP contribution in [0.15, 0.2) is 59.7 Å². The monoisotopic (exact) mass is 270 g/mol. The van der Waals surface area contributed by atoms with Gasteiger partial charge in [0.15, 0.2) is 0 Å². The molecule has 2 aromatic rings. The zero-order chi connectivity index (χ0) is 14.5. The molecule has 2 aromatic carbocycles. The summed E-state index contributed by atoms with van der Waals surface area (Å²) in [7, 11) is 1.59. The maximum atomic E-state index is 13.0. The largest absolute Gasteiger partial charge is 0.369 e. The molecule has 5 heteroatoms. The van der Waals surface area contributed by atoms with Gasteiger partial charge in [0.1, 0.15) is 5.82 Å². The summed E-state index contributed by atoms with van der Waals surface area (Å²) >= 11 is 0. The van der Waals surface area contributed by atoms with Gasteiger partial charge >= 0.3 is 0 Å². The number of nitrogens with one attached hydrogen (secondary N) is 1. The molecule has 0 unspecified atom stereocenters. The van der Waals surface area contributed by atoms with Gasteiger partial charge in [-0.15, -0.1) is 0 Å². The van der Waals surface area contributed by atoms with Crippen molar-refractivity contribution in [2.24, 2.45) is 10.8 Å². The number of halogens is 1. The molecule has 0 heterocycles. The Labute approximate surface area is 116 Å². The highest BCUT2D eigenvalue weighted by Gasteiger charge is 2.09. The fourth-order valence-electron chi connectivity index (χ4n) is 1.69. The first-order valence-electron chi connectivity index (χ1n) is 6.05. The van der Waals surface area contributed by atoms with Crippen molar-refractivity contribution in [3.63, 3.8) is 0 Å². The molecule has 0 amide bonds. The molecule has 0 aromatic heterocycles. The quantitative estimate of drug-likeness (QED) is 0.511. The van der Waals surface area contributed by atoms with Gasteiger partial charge in [0, 0.05) is 18.2 Å². The van der Waals surface area contributed by atoms with Crippen LogP contribution in [0.1, 0.15) is 11.1 Å². The van der Waals surface area contributed by atoms with Crippen LogP contribution >= 0.6 is 0 Å². The summed E-state index contributed by atoms with van der Waals surface area (Å²) in [6, 6.07) is 15.5. The minimum atomic E-state index is -0.305. The third-order valence-electron chi connectivity index (χ3n) is 2.76. The highest BCUT2D eigenvalue weighted by Crippen LogP contribution is 2.12. The molecule has 3 N–H and O–H groups in total. The van der Waals surface area contributed by atoms with E-state index in [1.165, 1.54) is 17.1 Å². The lowest BCUT2D eigenvalue weighted by Gasteiger charge is -2.14. The SMILES string of the molecule is CN(/N=C(/c1ccccc1)c1ccc(F)cc1)C(=N)N. The molecule has 0 fully saturated rings. The summed E-state index contributed by atoms with van der Waals surface area (Å²) in [6.07, 6.45) is 0. The maximum Gasteiger partial charge on any atom is 0.209 e. The first-order chi connectivity index (χ1) is 9.58. The van der Waals surface area contributed by atoms with Gasteiger partial charge in [0.25, 0.3) is 0 Å². The standard InChI is InChI=1S/C15H15FN4/c1-20(15(17)18)19-14(11-5-3-2-4-6-11)12-7-9-13(16)10-8-12/h2-10H,1H3,(H3,17,18)/b19-14-. The molecule has 102 valence electrons. The molecule has 0 aliphatic carbocycles. The molecule has 2 rings (SSSR count). The Hall–Kier alpha value is -2.69. The first kappa shape index (κ1) is 13.7. The Morgan fingerprint density at radius 3 is 2.15 bits per heavy atom. The molecule has 0 radical (unpaired) electrons. The van der Waals surface area contributed by atoms with Crippen LogP contribution in [0.2, 0.25) is 0 Å². The normalized spacial score (nSPS) is 11.2. The molecule has 0 atom stereocenters. The van der Waals surface area contributed by atoms with Crippen molar-refractivity contribution in [3.05, 3.63) is 71.5 Å². The van der Waals surface area contributed by atoms with Crippen LogP contribution in [0.5, 0.6) is 0 Å². The van der Waals surface area contributed by atoms with E-state index >= 15 is 0 Å². The summed E-state index contributed by atoms with van der Waals surface area (Å²) in [5.74, 6) is -0.471. The average Bonchev–Trinajstić information content (AvgIpc) is 2.46. The second kappa shape index (κ2) is 5.97. The van der Waals surface area contributed by atoms with Crippen molar-refractivity contribution in [1.29, 1.82) is 5.41 Å². The van der Waals surface area contributed by atoms with Crippen LogP contribution in [0.3, 0.4) is 0 Å². The third-order valence-corrected chi connectivity index (χ3v) is 2.76. The van der Waals surface area contributed by atoms with Crippen LogP contribution in [0, 0.1) is 11.2 Å². The van der Waals surface area contributed by atoms with Crippen LogP contribution in [-0.4, -0.2) is 23.7 Å². The summed E-state index contributed by atoms with van der Waals surface area (Å²) in [5.41, 5.74) is 7.66. The number of nitrogens with two attached hydrogens (primary N) is 1. The molecule has 4 nitrogen and oxygen atoms in total. The van der Waals surface area contributed by atoms with Gasteiger partial charge in [-0.2, -0.15) is 5.10 Å². The van der Waals surface area contributed by atoms with E-state index in [9.17, 15) is 4.39 Å². The number of nitrogens with zero attached hydrogens (tertiary/aromatic N) is 2. The van der Waals surface area contributed by atoms with Crippen molar-refractivity contribution in [1.82, 2.24) is 5.01 Å². The summed E-state index contributed by atoms with van der Waals surface area (Å²) in [5, 5.41) is 13.0. The molecule has 0 aliphatic heterocycles. The number of benzene rings is 2. The summed E-state index contributed by atoms with van der Waals surface area (Å²) < 4.78 is 13.0. The van der Waals surface area contributed by atoms with Gasteiger partial charge in [-0.1, -0.05) is 30.3 Å². The third kappa shape index (κ3) is 3.20. The van der Waals surface area contributed by atoms with E-state index < -0.39 is 0 Å². The van der Waals surface area contributed by atoms with Crippen molar-refractivity contribution < 1.29 is 4.39 Å². The molecule has 0 saturated carbocycles. The van der Waals surface area contributed by atoms with Crippen LogP contribution < -0.4 is 5.73 Å². The average molecular weight is 270 g/mol. The van der Waals surface area contributed by atoms with E-state index in [0.29, 0.717) is 5.71 Å². The molecular formula is C15H15FN4. The van der Waals surface area contributed by atoms with Gasteiger partial charge in [0.05, 0.1) is 5.71 Å². The van der Waals surface area contributed by atoms with Crippen LogP contribution in [-0.2, 0) is 0 Å². The van der Waals surface area contributed by atoms with Crippen LogP contribution in [0.25, 0.3) is 0 Å². The molecule has 0 bridgehead atoms. The predicted molar refractivity (Wildman–Crippen MR) is 78.2 cm³/mol. The molecule has 0 saturated heterocycles. The van der Waals surface area contributed by atoms with Gasteiger partial charge in [-0.25, -0.2) is 9.40 Å². The van der Waals surface area contributed by atoms with E-state index in [0.717, 1.165) is 11.1 Å². The smallest absolute Gasteiger partial charge is 0.209 e. The Bertz CT molecular complexity index is 620. The molecule has 20 heavy (non-hydrogen) atoms. The minimum absolute atomic E-state index is 0.166. The predicted octanol–water partition coefficient (Wildman–Crippen LogP) is 2.40. The zero-order valence-electron chi connectivity index (χ0n) is 11.0. The van der Waals surface area contributed by atoms with E-state index in [1.54, 1.807) is 19.2 Å². The lowest BCUT2D eigenvalue weighted by Crippen LogP contribution is -2.29. The Balaban J connectivity index is 2.50. The second-order valence-corrected chi connectivity index (χ2v) is 4.23. The van der Waals surface area contributed by atoms with Gasteiger partial charge in [-0.3, -0.25) is 5.41 Å². The van der Waals surface area contributed by atoms with Gasteiger partial charge in [0.2, 0.25) is 5.96 Å². The number of hydrogen-bond acceptors (Lipinski definition) is 2. The Morgan fingerprint density at radius 1 is 1.05 bits per heavy atom. The van der Waals surface area contributed by atoms with Gasteiger partial charge < -0.3 is 5.73 Å². The van der Waals surface area contributed by atoms with Crippen molar-refractivity contribution in [2.45, 2.75) is 0 Å². The first-order valence-corrected chi connectivity index (χ1v) is 6.05.